The molecule has 0 spiro atoms. The third-order valence-electron chi connectivity index (χ3n) is 5.14. The van der Waals surface area contributed by atoms with Gasteiger partial charge in [-0.15, -0.1) is 11.3 Å². The average Bonchev–Trinajstić information content (AvgIpc) is 3.31. The smallest absolute Gasteiger partial charge is 0.246 e. The summed E-state index contributed by atoms with van der Waals surface area (Å²) in [6, 6.07) is 14.0. The molecule has 1 saturated carbocycles. The molecule has 1 aliphatic carbocycles. The number of hydrogen-bond donors (Lipinski definition) is 0. The number of benzene rings is 1. The fourth-order valence-corrected chi connectivity index (χ4v) is 4.41. The van der Waals surface area contributed by atoms with Crippen LogP contribution >= 0.6 is 11.3 Å². The van der Waals surface area contributed by atoms with Crippen LogP contribution in [0.15, 0.2) is 53.9 Å². The summed E-state index contributed by atoms with van der Waals surface area (Å²) in [5.74, 6) is 0.837. The van der Waals surface area contributed by atoms with Crippen molar-refractivity contribution in [2.75, 3.05) is 26.2 Å². The Morgan fingerprint density at radius 3 is 2.38 bits per heavy atom. The Morgan fingerprint density at radius 1 is 0.962 bits per heavy atom. The molecular formula is C21H22N2O2S. The maximum absolute atomic E-state index is 12.7. The largest absolute Gasteiger partial charge is 0.339 e. The molecule has 2 aliphatic rings. The highest BCUT2D eigenvalue weighted by atomic mass is 32.1. The number of carbonyl (C=O) groups is 2. The van der Waals surface area contributed by atoms with Gasteiger partial charge in [0.1, 0.15) is 0 Å². The van der Waals surface area contributed by atoms with Gasteiger partial charge >= 0.3 is 0 Å². The third-order valence-corrected chi connectivity index (χ3v) is 6.14. The molecule has 0 bridgehead atoms. The Hall–Kier alpha value is -2.40. The summed E-state index contributed by atoms with van der Waals surface area (Å²) >= 11 is 1.74. The van der Waals surface area contributed by atoms with E-state index in [0.717, 1.165) is 12.0 Å². The van der Waals surface area contributed by atoms with E-state index in [2.05, 4.69) is 11.4 Å². The summed E-state index contributed by atoms with van der Waals surface area (Å²) in [5.41, 5.74) is 1.02. The predicted octanol–water partition coefficient (Wildman–Crippen LogP) is 3.24. The van der Waals surface area contributed by atoms with E-state index in [4.69, 9.17) is 0 Å². The van der Waals surface area contributed by atoms with Gasteiger partial charge in [-0.2, -0.15) is 0 Å². The number of hydrogen-bond acceptors (Lipinski definition) is 3. The highest BCUT2D eigenvalue weighted by molar-refractivity contribution is 7.10. The molecule has 1 aromatic heterocycles. The van der Waals surface area contributed by atoms with E-state index in [9.17, 15) is 9.59 Å². The minimum absolute atomic E-state index is 0.0174. The molecule has 0 unspecified atom stereocenters. The quantitative estimate of drug-likeness (QED) is 0.780. The van der Waals surface area contributed by atoms with E-state index in [0.29, 0.717) is 32.1 Å². The van der Waals surface area contributed by atoms with Crippen LogP contribution in [0.5, 0.6) is 0 Å². The Morgan fingerprint density at radius 2 is 1.69 bits per heavy atom. The Labute approximate surface area is 157 Å². The van der Waals surface area contributed by atoms with Gasteiger partial charge in [0.2, 0.25) is 11.8 Å². The lowest BCUT2D eigenvalue weighted by molar-refractivity contribution is -0.138. The van der Waals surface area contributed by atoms with Crippen molar-refractivity contribution in [3.8, 4) is 0 Å². The fraction of sp³-hybridized carbons (Fsp3) is 0.333. The van der Waals surface area contributed by atoms with Crippen molar-refractivity contribution in [1.29, 1.82) is 0 Å². The summed E-state index contributed by atoms with van der Waals surface area (Å²) in [6.45, 7) is 2.50. The van der Waals surface area contributed by atoms with Gasteiger partial charge in [0.15, 0.2) is 0 Å². The van der Waals surface area contributed by atoms with Crippen molar-refractivity contribution in [2.45, 2.75) is 12.3 Å². The van der Waals surface area contributed by atoms with E-state index >= 15 is 0 Å². The minimum atomic E-state index is 0.0174. The van der Waals surface area contributed by atoms with Crippen LogP contribution in [0.3, 0.4) is 0 Å². The number of piperazine rings is 1. The zero-order chi connectivity index (χ0) is 17.9. The molecule has 2 atom stereocenters. The van der Waals surface area contributed by atoms with E-state index in [1.165, 1.54) is 4.88 Å². The molecule has 1 saturated heterocycles. The molecule has 26 heavy (non-hydrogen) atoms. The first-order chi connectivity index (χ1) is 12.7. The van der Waals surface area contributed by atoms with Crippen molar-refractivity contribution >= 4 is 29.2 Å². The number of rotatable bonds is 4. The molecule has 0 N–H and O–H groups in total. The number of nitrogens with zero attached hydrogens (tertiary/aromatic N) is 2. The van der Waals surface area contributed by atoms with Crippen LogP contribution < -0.4 is 0 Å². The lowest BCUT2D eigenvalue weighted by atomic mass is 10.2. The normalized spacial score (nSPS) is 22.6. The van der Waals surface area contributed by atoms with Crippen LogP contribution in [0.1, 0.15) is 22.8 Å². The van der Waals surface area contributed by atoms with E-state index in [-0.39, 0.29) is 17.7 Å². The summed E-state index contributed by atoms with van der Waals surface area (Å²) in [6.07, 6.45) is 4.44. The predicted molar refractivity (Wildman–Crippen MR) is 104 cm³/mol. The second-order valence-electron chi connectivity index (χ2n) is 6.86. The molecule has 5 heteroatoms. The molecule has 134 valence electrons. The van der Waals surface area contributed by atoms with Crippen LogP contribution in [-0.4, -0.2) is 47.8 Å². The molecule has 1 aliphatic heterocycles. The first-order valence-corrected chi connectivity index (χ1v) is 9.94. The maximum Gasteiger partial charge on any atom is 0.246 e. The van der Waals surface area contributed by atoms with E-state index in [1.807, 2.05) is 52.3 Å². The third kappa shape index (κ3) is 3.73. The molecule has 4 nitrogen and oxygen atoms in total. The summed E-state index contributed by atoms with van der Waals surface area (Å²) in [4.78, 5) is 30.1. The van der Waals surface area contributed by atoms with E-state index < -0.39 is 0 Å². The Kier molecular flexibility index (Phi) is 4.89. The van der Waals surface area contributed by atoms with Gasteiger partial charge < -0.3 is 9.80 Å². The first-order valence-electron chi connectivity index (χ1n) is 9.06. The minimum Gasteiger partial charge on any atom is -0.339 e. The van der Waals surface area contributed by atoms with Crippen molar-refractivity contribution in [3.63, 3.8) is 0 Å². The van der Waals surface area contributed by atoms with Crippen LogP contribution in [0.4, 0.5) is 0 Å². The van der Waals surface area contributed by atoms with Crippen molar-refractivity contribution in [2.24, 2.45) is 5.92 Å². The molecule has 0 radical (unpaired) electrons. The molecule has 1 aromatic carbocycles. The SMILES string of the molecule is O=C(/C=C/c1ccccc1)N1CCN(C(=O)[C@@H]2C[C@@H]2c2cccs2)CC1. The first kappa shape index (κ1) is 17.0. The van der Waals surface area contributed by atoms with Crippen LogP contribution in [0.25, 0.3) is 6.08 Å². The number of amides is 2. The zero-order valence-electron chi connectivity index (χ0n) is 14.6. The van der Waals surface area contributed by atoms with Crippen LogP contribution in [-0.2, 0) is 9.59 Å². The zero-order valence-corrected chi connectivity index (χ0v) is 15.4. The van der Waals surface area contributed by atoms with Gasteiger partial charge in [0.05, 0.1) is 0 Å². The fourth-order valence-electron chi connectivity index (χ4n) is 3.50. The molecule has 4 rings (SSSR count). The van der Waals surface area contributed by atoms with Gasteiger partial charge in [-0.1, -0.05) is 36.4 Å². The van der Waals surface area contributed by atoms with Crippen molar-refractivity contribution in [3.05, 3.63) is 64.4 Å². The molecule has 2 amide bonds. The molecular weight excluding hydrogens is 344 g/mol. The van der Waals surface area contributed by atoms with Gasteiger partial charge in [-0.05, 0) is 29.5 Å². The number of thiophene rings is 1. The maximum atomic E-state index is 12.7. The second-order valence-corrected chi connectivity index (χ2v) is 7.84. The molecule has 2 aromatic rings. The highest BCUT2D eigenvalue weighted by Gasteiger charge is 2.46. The van der Waals surface area contributed by atoms with Crippen LogP contribution in [0.2, 0.25) is 0 Å². The second kappa shape index (κ2) is 7.46. The summed E-state index contributed by atoms with van der Waals surface area (Å²) in [5, 5.41) is 2.07. The standard InChI is InChI=1S/C21H22N2O2S/c24-20(9-8-16-5-2-1-3-6-16)22-10-12-23(13-11-22)21(25)18-15-17(18)19-7-4-14-26-19/h1-9,14,17-18H,10-13,15H2/b9-8+/t17-,18+/m0/s1. The van der Waals surface area contributed by atoms with Gasteiger partial charge in [0, 0.05) is 49.0 Å². The average molecular weight is 366 g/mol. The number of carbonyl (C=O) groups excluding carboxylic acids is 2. The molecule has 2 fully saturated rings. The van der Waals surface area contributed by atoms with Gasteiger partial charge in [-0.25, -0.2) is 0 Å². The Bertz CT molecular complexity index is 793. The topological polar surface area (TPSA) is 40.6 Å². The van der Waals surface area contributed by atoms with Crippen molar-refractivity contribution < 1.29 is 9.59 Å². The highest BCUT2D eigenvalue weighted by Crippen LogP contribution is 2.50. The summed E-state index contributed by atoms with van der Waals surface area (Å²) in [7, 11) is 0. The monoisotopic (exact) mass is 366 g/mol. The van der Waals surface area contributed by atoms with Crippen LogP contribution in [0, 0.1) is 5.92 Å². The van der Waals surface area contributed by atoms with E-state index in [1.54, 1.807) is 17.4 Å². The molecule has 2 heterocycles. The van der Waals surface area contributed by atoms with Gasteiger partial charge in [-0.3, -0.25) is 9.59 Å². The lowest BCUT2D eigenvalue weighted by Gasteiger charge is -2.34. The van der Waals surface area contributed by atoms with Crippen molar-refractivity contribution in [1.82, 2.24) is 9.80 Å². The summed E-state index contributed by atoms with van der Waals surface area (Å²) < 4.78 is 0. The lowest BCUT2D eigenvalue weighted by Crippen LogP contribution is -2.50. The van der Waals surface area contributed by atoms with Gasteiger partial charge in [0.25, 0.3) is 0 Å². The Balaban J connectivity index is 1.27.